The van der Waals surface area contributed by atoms with E-state index in [0.717, 1.165) is 25.8 Å². The maximum Gasteiger partial charge on any atom is 0.306 e. The van der Waals surface area contributed by atoms with Gasteiger partial charge in [0.25, 0.3) is 0 Å². The third-order valence-corrected chi connectivity index (χ3v) is 11.1. The molecular weight excluding hydrogens is 258 g/mol. The topological polar surface area (TPSA) is 40.5 Å². The molecule has 0 aromatic carbocycles. The molecule has 0 spiro atoms. The maximum atomic E-state index is 11.0. The molecule has 0 aliphatic rings. The Labute approximate surface area is 115 Å². The van der Waals surface area contributed by atoms with Gasteiger partial charge in [0.05, 0.1) is 5.92 Å². The van der Waals surface area contributed by atoms with Gasteiger partial charge in [-0.1, -0.05) is 46.2 Å². The Hall–Kier alpha value is -0.136. The number of carboxylic acid groups (broad SMARTS) is 1. The molecule has 0 amide bonds. The van der Waals surface area contributed by atoms with Crippen LogP contribution in [-0.2, 0) is 4.79 Å². The van der Waals surface area contributed by atoms with Gasteiger partial charge in [-0.2, -0.15) is 0 Å². The zero-order chi connectivity index (χ0) is 14.6. The van der Waals surface area contributed by atoms with Gasteiger partial charge < -0.3 is 9.34 Å². The Bertz CT molecular complexity index is 255. The van der Waals surface area contributed by atoms with Crippen molar-refractivity contribution in [1.29, 1.82) is 0 Å². The van der Waals surface area contributed by atoms with Crippen LogP contribution >= 0.6 is 0 Å². The van der Waals surface area contributed by atoms with Gasteiger partial charge in [-0.15, -0.1) is 0 Å². The molecule has 3 nitrogen and oxygen atoms in total. The number of carboxylic acids is 1. The molecular formula is C13H31NO2Si2. The first-order valence-electron chi connectivity index (χ1n) is 7.00. The van der Waals surface area contributed by atoms with Crippen molar-refractivity contribution in [2.75, 3.05) is 6.54 Å². The molecule has 108 valence electrons. The molecule has 0 aromatic heterocycles. The van der Waals surface area contributed by atoms with Crippen LogP contribution in [0.5, 0.6) is 0 Å². The first-order chi connectivity index (χ1) is 8.00. The van der Waals surface area contributed by atoms with E-state index >= 15 is 0 Å². The number of hydrogen-bond acceptors (Lipinski definition) is 2. The SMILES string of the molecule is CCC(CCCN([Si](C)(C)C)[Si](C)(C)C)C(=O)O. The summed E-state index contributed by atoms with van der Waals surface area (Å²) >= 11 is 0. The number of aliphatic carboxylic acids is 1. The molecule has 1 unspecified atom stereocenters. The van der Waals surface area contributed by atoms with E-state index in [2.05, 4.69) is 43.5 Å². The minimum absolute atomic E-state index is 0.157. The predicted octanol–water partition coefficient (Wildman–Crippen LogP) is 3.85. The van der Waals surface area contributed by atoms with Gasteiger partial charge in [-0.3, -0.25) is 4.79 Å². The van der Waals surface area contributed by atoms with Crippen LogP contribution in [0.1, 0.15) is 26.2 Å². The number of hydrogen-bond donors (Lipinski definition) is 1. The van der Waals surface area contributed by atoms with Crippen LogP contribution < -0.4 is 0 Å². The fourth-order valence-electron chi connectivity index (χ4n) is 2.68. The molecule has 0 heterocycles. The van der Waals surface area contributed by atoms with Crippen molar-refractivity contribution in [2.45, 2.75) is 65.5 Å². The summed E-state index contributed by atoms with van der Waals surface area (Å²) in [5.74, 6) is -0.792. The summed E-state index contributed by atoms with van der Waals surface area (Å²) in [7, 11) is -2.57. The first kappa shape index (κ1) is 17.9. The normalized spacial score (nSPS) is 14.9. The highest BCUT2D eigenvalue weighted by atomic mass is 28.4. The molecule has 0 radical (unpaired) electrons. The lowest BCUT2D eigenvalue weighted by atomic mass is 10.0. The largest absolute Gasteiger partial charge is 0.481 e. The van der Waals surface area contributed by atoms with Gasteiger partial charge in [-0.25, -0.2) is 0 Å². The summed E-state index contributed by atoms with van der Waals surface area (Å²) in [6.45, 7) is 17.4. The first-order valence-corrected chi connectivity index (χ1v) is 13.9. The van der Waals surface area contributed by atoms with Gasteiger partial charge in [0, 0.05) is 0 Å². The van der Waals surface area contributed by atoms with Crippen LogP contribution in [0.2, 0.25) is 39.3 Å². The monoisotopic (exact) mass is 289 g/mol. The van der Waals surface area contributed by atoms with Gasteiger partial charge in [-0.05, 0) is 25.8 Å². The van der Waals surface area contributed by atoms with Crippen molar-refractivity contribution in [2.24, 2.45) is 5.92 Å². The Morgan fingerprint density at radius 3 is 1.83 bits per heavy atom. The van der Waals surface area contributed by atoms with E-state index in [-0.39, 0.29) is 5.92 Å². The van der Waals surface area contributed by atoms with Crippen molar-refractivity contribution < 1.29 is 9.90 Å². The molecule has 0 bridgehead atoms. The van der Waals surface area contributed by atoms with Gasteiger partial charge >= 0.3 is 5.97 Å². The second kappa shape index (κ2) is 6.86. The summed E-state index contributed by atoms with van der Waals surface area (Å²) in [6, 6.07) is 0. The highest BCUT2D eigenvalue weighted by Crippen LogP contribution is 2.21. The van der Waals surface area contributed by atoms with Crippen LogP contribution in [0.15, 0.2) is 0 Å². The molecule has 18 heavy (non-hydrogen) atoms. The molecule has 0 aromatic rings. The Morgan fingerprint density at radius 1 is 1.11 bits per heavy atom. The zero-order valence-electron chi connectivity index (χ0n) is 13.2. The van der Waals surface area contributed by atoms with E-state index in [1.807, 2.05) is 6.92 Å². The molecule has 0 rings (SSSR count). The summed E-state index contributed by atoms with van der Waals surface area (Å²) in [5.41, 5.74) is 0. The predicted molar refractivity (Wildman–Crippen MR) is 84.0 cm³/mol. The van der Waals surface area contributed by atoms with E-state index in [4.69, 9.17) is 5.11 Å². The van der Waals surface area contributed by atoms with Crippen LogP contribution in [0.3, 0.4) is 0 Å². The van der Waals surface area contributed by atoms with Gasteiger partial charge in [0.15, 0.2) is 0 Å². The van der Waals surface area contributed by atoms with E-state index in [0.29, 0.717) is 0 Å². The van der Waals surface area contributed by atoms with E-state index < -0.39 is 22.4 Å². The zero-order valence-corrected chi connectivity index (χ0v) is 15.2. The minimum Gasteiger partial charge on any atom is -0.481 e. The highest BCUT2D eigenvalue weighted by molar-refractivity contribution is 6.89. The smallest absolute Gasteiger partial charge is 0.306 e. The van der Waals surface area contributed by atoms with E-state index in [9.17, 15) is 4.79 Å². The van der Waals surface area contributed by atoms with E-state index in [1.165, 1.54) is 0 Å². The number of carbonyl (C=O) groups is 1. The van der Waals surface area contributed by atoms with Crippen LogP contribution in [-0.4, -0.2) is 38.3 Å². The minimum atomic E-state index is -1.28. The number of rotatable bonds is 8. The molecule has 0 fully saturated rings. The van der Waals surface area contributed by atoms with Gasteiger partial charge in [0.1, 0.15) is 16.5 Å². The maximum absolute atomic E-state index is 11.0. The summed E-state index contributed by atoms with van der Waals surface area (Å²) in [4.78, 5) is 11.0. The molecule has 0 aliphatic heterocycles. The fourth-order valence-corrected chi connectivity index (χ4v) is 12.4. The Morgan fingerprint density at radius 2 is 1.56 bits per heavy atom. The standard InChI is InChI=1S/C13H31NO2Si2/c1-8-12(13(15)16)10-9-11-14(17(2,3)4)18(5,6)7/h12H,8-11H2,1-7H3,(H,15,16). The molecule has 0 saturated heterocycles. The van der Waals surface area contributed by atoms with Crippen molar-refractivity contribution in [3.05, 3.63) is 0 Å². The second-order valence-electron chi connectivity index (χ2n) is 7.08. The molecule has 1 atom stereocenters. The van der Waals surface area contributed by atoms with Gasteiger partial charge in [0.2, 0.25) is 0 Å². The molecule has 0 aliphatic carbocycles. The van der Waals surface area contributed by atoms with E-state index in [1.54, 1.807) is 0 Å². The fraction of sp³-hybridized carbons (Fsp3) is 0.923. The summed E-state index contributed by atoms with van der Waals surface area (Å²) in [5, 5.41) is 9.06. The van der Waals surface area contributed by atoms with Crippen molar-refractivity contribution in [3.8, 4) is 0 Å². The quantitative estimate of drug-likeness (QED) is 0.690. The van der Waals surface area contributed by atoms with Crippen LogP contribution in [0.4, 0.5) is 0 Å². The molecule has 1 N–H and O–H groups in total. The highest BCUT2D eigenvalue weighted by Gasteiger charge is 2.33. The molecule has 5 heteroatoms. The average Bonchev–Trinajstić information content (AvgIpc) is 2.12. The van der Waals surface area contributed by atoms with Crippen molar-refractivity contribution in [1.82, 2.24) is 4.23 Å². The van der Waals surface area contributed by atoms with Crippen LogP contribution in [0.25, 0.3) is 0 Å². The third kappa shape index (κ3) is 6.15. The summed E-state index contributed by atoms with van der Waals surface area (Å²) in [6.07, 6.45) is 2.58. The second-order valence-corrected chi connectivity index (χ2v) is 17.3. The summed E-state index contributed by atoms with van der Waals surface area (Å²) < 4.78 is 2.73. The average molecular weight is 290 g/mol. The Kier molecular flexibility index (Phi) is 6.81. The third-order valence-electron chi connectivity index (χ3n) is 3.40. The van der Waals surface area contributed by atoms with Crippen molar-refractivity contribution in [3.63, 3.8) is 0 Å². The van der Waals surface area contributed by atoms with Crippen LogP contribution in [0, 0.1) is 5.92 Å². The lowest BCUT2D eigenvalue weighted by Gasteiger charge is -2.43. The molecule has 0 saturated carbocycles. The number of nitrogens with zero attached hydrogens (tertiary/aromatic N) is 1. The van der Waals surface area contributed by atoms with Crippen molar-refractivity contribution >= 4 is 22.4 Å². The lowest BCUT2D eigenvalue weighted by Crippen LogP contribution is -2.59. The Balaban J connectivity index is 4.43. The lowest BCUT2D eigenvalue weighted by molar-refractivity contribution is -0.142.